The first-order valence-corrected chi connectivity index (χ1v) is 9.39. The Bertz CT molecular complexity index is 691. The second kappa shape index (κ2) is 7.85. The number of carbonyl (C=O) groups is 1. The van der Waals surface area contributed by atoms with E-state index in [2.05, 4.69) is 9.80 Å². The van der Waals surface area contributed by atoms with Gasteiger partial charge in [0.15, 0.2) is 0 Å². The zero-order chi connectivity index (χ0) is 20.5. The Labute approximate surface area is 160 Å². The van der Waals surface area contributed by atoms with Crippen molar-refractivity contribution in [3.05, 3.63) is 24.3 Å². The number of amides is 1. The van der Waals surface area contributed by atoms with Crippen LogP contribution < -0.4 is 9.80 Å². The molecule has 1 aliphatic heterocycles. The van der Waals surface area contributed by atoms with Crippen LogP contribution in [0.15, 0.2) is 24.3 Å². The SMILES string of the molecule is CN1CCN(c2cccc(N(C(=O)C(F)(F)F)C3CCC(F)(F)CC3)c2)CC1. The third kappa shape index (κ3) is 4.74. The van der Waals surface area contributed by atoms with Gasteiger partial charge in [-0.3, -0.25) is 4.79 Å². The van der Waals surface area contributed by atoms with E-state index in [4.69, 9.17) is 0 Å². The number of halogens is 5. The average molecular weight is 405 g/mol. The lowest BCUT2D eigenvalue weighted by molar-refractivity contribution is -0.171. The van der Waals surface area contributed by atoms with Crippen LogP contribution in [0.2, 0.25) is 0 Å². The maximum absolute atomic E-state index is 13.5. The van der Waals surface area contributed by atoms with Gasteiger partial charge in [0.2, 0.25) is 5.92 Å². The second-order valence-electron chi connectivity index (χ2n) is 7.57. The van der Waals surface area contributed by atoms with E-state index in [-0.39, 0.29) is 18.5 Å². The van der Waals surface area contributed by atoms with Gasteiger partial charge in [-0.1, -0.05) is 6.07 Å². The topological polar surface area (TPSA) is 26.8 Å². The molecule has 1 amide bonds. The number of nitrogens with zero attached hydrogens (tertiary/aromatic N) is 3. The number of piperazine rings is 1. The van der Waals surface area contributed by atoms with E-state index in [1.807, 2.05) is 7.05 Å². The van der Waals surface area contributed by atoms with Gasteiger partial charge < -0.3 is 14.7 Å². The van der Waals surface area contributed by atoms with Gasteiger partial charge in [0.1, 0.15) is 0 Å². The molecule has 0 unspecified atom stereocenters. The van der Waals surface area contributed by atoms with Crippen LogP contribution in [0.25, 0.3) is 0 Å². The molecule has 28 heavy (non-hydrogen) atoms. The number of alkyl halides is 5. The van der Waals surface area contributed by atoms with Crippen molar-refractivity contribution in [1.82, 2.24) is 4.90 Å². The number of carbonyl (C=O) groups excluding carboxylic acids is 1. The normalized spacial score (nSPS) is 21.6. The molecule has 0 radical (unpaired) electrons. The monoisotopic (exact) mass is 405 g/mol. The van der Waals surface area contributed by atoms with Crippen LogP contribution in [0.1, 0.15) is 25.7 Å². The minimum absolute atomic E-state index is 0.106. The van der Waals surface area contributed by atoms with Gasteiger partial charge in [0.05, 0.1) is 0 Å². The number of benzene rings is 1. The molecule has 1 aromatic carbocycles. The van der Waals surface area contributed by atoms with E-state index in [9.17, 15) is 26.7 Å². The summed E-state index contributed by atoms with van der Waals surface area (Å²) >= 11 is 0. The summed E-state index contributed by atoms with van der Waals surface area (Å²) in [4.78, 5) is 17.0. The van der Waals surface area contributed by atoms with Crippen molar-refractivity contribution in [1.29, 1.82) is 0 Å². The predicted molar refractivity (Wildman–Crippen MR) is 96.9 cm³/mol. The van der Waals surface area contributed by atoms with E-state index >= 15 is 0 Å². The molecule has 2 aliphatic rings. The van der Waals surface area contributed by atoms with Crippen molar-refractivity contribution in [2.24, 2.45) is 0 Å². The van der Waals surface area contributed by atoms with Crippen LogP contribution in [0.4, 0.5) is 33.3 Å². The Balaban J connectivity index is 1.88. The summed E-state index contributed by atoms with van der Waals surface area (Å²) in [5, 5.41) is 0. The summed E-state index contributed by atoms with van der Waals surface area (Å²) in [5.74, 6) is -4.89. The van der Waals surface area contributed by atoms with Gasteiger partial charge in [-0.25, -0.2) is 8.78 Å². The molecule has 9 heteroatoms. The van der Waals surface area contributed by atoms with Gasteiger partial charge >= 0.3 is 12.1 Å². The van der Waals surface area contributed by atoms with E-state index < -0.39 is 36.9 Å². The maximum Gasteiger partial charge on any atom is 0.471 e. The van der Waals surface area contributed by atoms with E-state index in [1.54, 1.807) is 18.2 Å². The zero-order valence-corrected chi connectivity index (χ0v) is 15.7. The van der Waals surface area contributed by atoms with Crippen LogP contribution in [-0.4, -0.2) is 62.2 Å². The van der Waals surface area contributed by atoms with Gasteiger partial charge in [-0.15, -0.1) is 0 Å². The van der Waals surface area contributed by atoms with Crippen LogP contribution in [-0.2, 0) is 4.79 Å². The highest BCUT2D eigenvalue weighted by molar-refractivity contribution is 5.98. The number of likely N-dealkylation sites (N-methyl/N-ethyl adjacent to an activating group) is 1. The third-order valence-corrected chi connectivity index (χ3v) is 5.49. The van der Waals surface area contributed by atoms with Crippen molar-refractivity contribution >= 4 is 17.3 Å². The highest BCUT2D eigenvalue weighted by Gasteiger charge is 2.47. The maximum atomic E-state index is 13.5. The summed E-state index contributed by atoms with van der Waals surface area (Å²) in [6, 6.07) is 5.51. The molecule has 0 spiro atoms. The van der Waals surface area contributed by atoms with Crippen LogP contribution >= 0.6 is 0 Å². The fraction of sp³-hybridized carbons (Fsp3) is 0.632. The summed E-state index contributed by atoms with van der Waals surface area (Å²) in [6.07, 6.45) is -6.42. The smallest absolute Gasteiger partial charge is 0.369 e. The first-order chi connectivity index (χ1) is 13.1. The Morgan fingerprint density at radius 2 is 1.71 bits per heavy atom. The van der Waals surface area contributed by atoms with Gasteiger partial charge in [0, 0.05) is 56.4 Å². The van der Waals surface area contributed by atoms with Crippen LogP contribution in [0, 0.1) is 0 Å². The molecular formula is C19H24F5N3O. The van der Waals surface area contributed by atoms with E-state index in [0.717, 1.165) is 31.9 Å². The molecule has 1 heterocycles. The molecular weight excluding hydrogens is 381 g/mol. The standard InChI is InChI=1S/C19H24F5N3O/c1-25-9-11-26(12-10-25)15-3-2-4-16(13-15)27(17(28)19(22,23)24)14-5-7-18(20,21)8-6-14/h2-4,13-14H,5-12H2,1H3. The molecule has 4 nitrogen and oxygen atoms in total. The van der Waals surface area contributed by atoms with Crippen molar-refractivity contribution in [2.75, 3.05) is 43.0 Å². The van der Waals surface area contributed by atoms with E-state index in [1.165, 1.54) is 6.07 Å². The molecule has 1 saturated carbocycles. The summed E-state index contributed by atoms with van der Waals surface area (Å²) in [7, 11) is 2.00. The average Bonchev–Trinajstić information content (AvgIpc) is 2.63. The predicted octanol–water partition coefficient (Wildman–Crippen LogP) is 3.91. The highest BCUT2D eigenvalue weighted by atomic mass is 19.4. The number of anilines is 2. The lowest BCUT2D eigenvalue weighted by Gasteiger charge is -2.38. The number of hydrogen-bond donors (Lipinski definition) is 0. The molecule has 0 aromatic heterocycles. The van der Waals surface area contributed by atoms with Gasteiger partial charge in [-0.2, -0.15) is 13.2 Å². The molecule has 0 bridgehead atoms. The second-order valence-corrected chi connectivity index (χ2v) is 7.57. The molecule has 0 atom stereocenters. The first-order valence-electron chi connectivity index (χ1n) is 9.39. The highest BCUT2D eigenvalue weighted by Crippen LogP contribution is 2.38. The zero-order valence-electron chi connectivity index (χ0n) is 15.7. The molecule has 156 valence electrons. The van der Waals surface area contributed by atoms with Gasteiger partial charge in [0.25, 0.3) is 0 Å². The van der Waals surface area contributed by atoms with E-state index in [0.29, 0.717) is 4.90 Å². The molecule has 3 rings (SSSR count). The molecule has 0 N–H and O–H groups in total. The number of hydrogen-bond acceptors (Lipinski definition) is 3. The number of rotatable bonds is 3. The lowest BCUT2D eigenvalue weighted by Crippen LogP contribution is -2.50. The first kappa shape index (κ1) is 20.8. The van der Waals surface area contributed by atoms with Crippen molar-refractivity contribution in [3.8, 4) is 0 Å². The Hall–Kier alpha value is -1.90. The van der Waals surface area contributed by atoms with Crippen molar-refractivity contribution in [3.63, 3.8) is 0 Å². The van der Waals surface area contributed by atoms with Crippen molar-refractivity contribution in [2.45, 2.75) is 43.8 Å². The fourth-order valence-corrected chi connectivity index (χ4v) is 3.82. The summed E-state index contributed by atoms with van der Waals surface area (Å²) in [6.45, 7) is 3.10. The molecule has 1 saturated heterocycles. The Kier molecular flexibility index (Phi) is 5.84. The largest absolute Gasteiger partial charge is 0.471 e. The Morgan fingerprint density at radius 3 is 2.29 bits per heavy atom. The van der Waals surface area contributed by atoms with Crippen LogP contribution in [0.3, 0.4) is 0 Å². The molecule has 1 aromatic rings. The summed E-state index contributed by atoms with van der Waals surface area (Å²) < 4.78 is 66.7. The minimum atomic E-state index is -5.07. The van der Waals surface area contributed by atoms with Crippen molar-refractivity contribution < 1.29 is 26.7 Å². The Morgan fingerprint density at radius 1 is 1.11 bits per heavy atom. The fourth-order valence-electron chi connectivity index (χ4n) is 3.82. The lowest BCUT2D eigenvalue weighted by atomic mass is 9.90. The molecule has 1 aliphatic carbocycles. The summed E-state index contributed by atoms with van der Waals surface area (Å²) in [5.41, 5.74) is 0.834. The quantitative estimate of drug-likeness (QED) is 0.714. The van der Waals surface area contributed by atoms with Crippen LogP contribution in [0.5, 0.6) is 0 Å². The van der Waals surface area contributed by atoms with Gasteiger partial charge in [-0.05, 0) is 38.1 Å². The third-order valence-electron chi connectivity index (χ3n) is 5.49. The minimum Gasteiger partial charge on any atom is -0.369 e. The molecule has 2 fully saturated rings.